The number of nitrogens with one attached hydrogen (secondary N) is 2. The molecule has 5 heteroatoms. The second kappa shape index (κ2) is 4.05. The molecular weight excluding hydrogens is 206 g/mol. The average molecular weight is 225 g/mol. The van der Waals surface area contributed by atoms with Crippen molar-refractivity contribution in [1.82, 2.24) is 15.5 Å². The summed E-state index contributed by atoms with van der Waals surface area (Å²) >= 11 is 0. The van der Waals surface area contributed by atoms with Gasteiger partial charge < -0.3 is 15.5 Å². The van der Waals surface area contributed by atoms with Crippen molar-refractivity contribution < 1.29 is 9.59 Å². The predicted molar refractivity (Wildman–Crippen MR) is 59.8 cm³/mol. The van der Waals surface area contributed by atoms with Crippen LogP contribution < -0.4 is 10.6 Å². The maximum Gasteiger partial charge on any atom is 0.309 e. The van der Waals surface area contributed by atoms with E-state index >= 15 is 0 Å². The molecule has 5 nitrogen and oxygen atoms in total. The van der Waals surface area contributed by atoms with Gasteiger partial charge in [0.1, 0.15) is 0 Å². The molecule has 0 aromatic heterocycles. The summed E-state index contributed by atoms with van der Waals surface area (Å²) in [6, 6.07) is 0. The van der Waals surface area contributed by atoms with Gasteiger partial charge in [-0.15, -0.1) is 0 Å². The van der Waals surface area contributed by atoms with Gasteiger partial charge >= 0.3 is 11.8 Å². The van der Waals surface area contributed by atoms with Gasteiger partial charge in [0, 0.05) is 6.54 Å². The summed E-state index contributed by atoms with van der Waals surface area (Å²) in [5, 5.41) is 5.52. The Bertz CT molecular complexity index is 310. The van der Waals surface area contributed by atoms with Crippen LogP contribution in [0.3, 0.4) is 0 Å². The molecule has 2 fully saturated rings. The fourth-order valence-electron chi connectivity index (χ4n) is 2.60. The van der Waals surface area contributed by atoms with E-state index in [1.54, 1.807) is 0 Å². The number of hydrogen-bond donors (Lipinski definition) is 2. The molecule has 2 heterocycles. The van der Waals surface area contributed by atoms with E-state index < -0.39 is 11.8 Å². The van der Waals surface area contributed by atoms with E-state index in [1.807, 2.05) is 6.92 Å². The van der Waals surface area contributed by atoms with Gasteiger partial charge in [-0.05, 0) is 45.8 Å². The second-order valence-electron chi connectivity index (χ2n) is 5.13. The summed E-state index contributed by atoms with van der Waals surface area (Å²) in [5.41, 5.74) is -0.272. The molecule has 2 aliphatic rings. The van der Waals surface area contributed by atoms with Crippen LogP contribution in [0.25, 0.3) is 0 Å². The number of nitrogens with zero attached hydrogens (tertiary/aromatic N) is 1. The zero-order valence-corrected chi connectivity index (χ0v) is 9.88. The van der Waals surface area contributed by atoms with Crippen LogP contribution in [-0.4, -0.2) is 48.9 Å². The van der Waals surface area contributed by atoms with Gasteiger partial charge in [-0.1, -0.05) is 0 Å². The van der Waals surface area contributed by atoms with Gasteiger partial charge in [-0.3, -0.25) is 9.59 Å². The third-order valence-corrected chi connectivity index (χ3v) is 3.84. The zero-order chi connectivity index (χ0) is 11.8. The summed E-state index contributed by atoms with van der Waals surface area (Å²) in [6.07, 6.45) is 2.15. The van der Waals surface area contributed by atoms with Crippen LogP contribution in [0.1, 0.15) is 19.8 Å². The highest BCUT2D eigenvalue weighted by Crippen LogP contribution is 2.28. The summed E-state index contributed by atoms with van der Waals surface area (Å²) in [5.74, 6) is -0.550. The minimum Gasteiger partial charge on any atom is -0.345 e. The van der Waals surface area contributed by atoms with Crippen LogP contribution in [0.2, 0.25) is 0 Å². The fourth-order valence-corrected chi connectivity index (χ4v) is 2.60. The SMILES string of the molecule is CN1CCC(C2(C)CNC(=O)C(=O)N2)CC1. The highest BCUT2D eigenvalue weighted by molar-refractivity contribution is 6.35. The summed E-state index contributed by atoms with van der Waals surface area (Å²) < 4.78 is 0. The standard InChI is InChI=1S/C11H19N3O2/c1-11(7-12-9(15)10(16)13-11)8-3-5-14(2)6-4-8/h8H,3-7H2,1-2H3,(H,12,15)(H,13,16). The van der Waals surface area contributed by atoms with E-state index in [1.165, 1.54) is 0 Å². The first-order chi connectivity index (χ1) is 7.51. The molecule has 0 radical (unpaired) electrons. The lowest BCUT2D eigenvalue weighted by molar-refractivity contribution is -0.143. The first-order valence-electron chi connectivity index (χ1n) is 5.80. The fraction of sp³-hybridized carbons (Fsp3) is 0.818. The van der Waals surface area contributed by atoms with Crippen LogP contribution in [0.15, 0.2) is 0 Å². The van der Waals surface area contributed by atoms with Gasteiger partial charge in [-0.25, -0.2) is 0 Å². The monoisotopic (exact) mass is 225 g/mol. The minimum atomic E-state index is -0.509. The Balaban J connectivity index is 2.02. The summed E-state index contributed by atoms with van der Waals surface area (Å²) in [7, 11) is 2.11. The Morgan fingerprint density at radius 2 is 1.88 bits per heavy atom. The first kappa shape index (κ1) is 11.4. The molecule has 2 aliphatic heterocycles. The lowest BCUT2D eigenvalue weighted by atomic mass is 9.78. The van der Waals surface area contributed by atoms with E-state index in [2.05, 4.69) is 22.6 Å². The molecule has 0 aromatic rings. The highest BCUT2D eigenvalue weighted by Gasteiger charge is 2.41. The normalized spacial score (nSPS) is 33.4. The molecule has 90 valence electrons. The predicted octanol–water partition coefficient (Wildman–Crippen LogP) is -0.667. The molecule has 0 spiro atoms. The number of likely N-dealkylation sites (tertiary alicyclic amines) is 1. The zero-order valence-electron chi connectivity index (χ0n) is 9.88. The van der Waals surface area contributed by atoms with Gasteiger partial charge in [-0.2, -0.15) is 0 Å². The average Bonchev–Trinajstić information content (AvgIpc) is 2.25. The van der Waals surface area contributed by atoms with Crippen molar-refractivity contribution in [3.63, 3.8) is 0 Å². The maximum atomic E-state index is 11.4. The Labute approximate surface area is 95.6 Å². The number of hydrogen-bond acceptors (Lipinski definition) is 3. The first-order valence-corrected chi connectivity index (χ1v) is 5.80. The Morgan fingerprint density at radius 1 is 1.25 bits per heavy atom. The van der Waals surface area contributed by atoms with Crippen molar-refractivity contribution in [3.8, 4) is 0 Å². The van der Waals surface area contributed by atoms with Gasteiger partial charge in [0.2, 0.25) is 0 Å². The third kappa shape index (κ3) is 2.04. The van der Waals surface area contributed by atoms with Crippen LogP contribution in [-0.2, 0) is 9.59 Å². The van der Waals surface area contributed by atoms with Crippen molar-refractivity contribution in [3.05, 3.63) is 0 Å². The molecule has 0 bridgehead atoms. The molecule has 2 saturated heterocycles. The van der Waals surface area contributed by atoms with Crippen LogP contribution in [0, 0.1) is 5.92 Å². The molecule has 0 aliphatic carbocycles. The molecule has 1 unspecified atom stereocenters. The highest BCUT2D eigenvalue weighted by atomic mass is 16.2. The second-order valence-corrected chi connectivity index (χ2v) is 5.13. The molecule has 2 amide bonds. The van der Waals surface area contributed by atoms with Gasteiger partial charge in [0.15, 0.2) is 0 Å². The smallest absolute Gasteiger partial charge is 0.309 e. The van der Waals surface area contributed by atoms with Gasteiger partial charge in [0.25, 0.3) is 0 Å². The summed E-state index contributed by atoms with van der Waals surface area (Å²) in [6.45, 7) is 4.69. The van der Waals surface area contributed by atoms with Crippen molar-refractivity contribution in [2.24, 2.45) is 5.92 Å². The van der Waals surface area contributed by atoms with Crippen LogP contribution in [0.4, 0.5) is 0 Å². The Hall–Kier alpha value is -1.10. The van der Waals surface area contributed by atoms with E-state index in [-0.39, 0.29) is 5.54 Å². The number of rotatable bonds is 1. The number of piperazine rings is 1. The Kier molecular flexibility index (Phi) is 2.88. The molecule has 0 saturated carbocycles. The van der Waals surface area contributed by atoms with E-state index in [4.69, 9.17) is 0 Å². The molecule has 1 atom stereocenters. The number of carbonyl (C=O) groups excluding carboxylic acids is 2. The number of piperidine rings is 1. The minimum absolute atomic E-state index is 0.272. The third-order valence-electron chi connectivity index (χ3n) is 3.84. The maximum absolute atomic E-state index is 11.4. The topological polar surface area (TPSA) is 61.4 Å². The van der Waals surface area contributed by atoms with Gasteiger partial charge in [0.05, 0.1) is 5.54 Å². The lowest BCUT2D eigenvalue weighted by Gasteiger charge is -2.44. The van der Waals surface area contributed by atoms with Crippen molar-refractivity contribution in [1.29, 1.82) is 0 Å². The number of amides is 2. The molecular formula is C11H19N3O2. The lowest BCUT2D eigenvalue weighted by Crippen LogP contribution is -2.66. The molecule has 0 aromatic carbocycles. The van der Waals surface area contributed by atoms with E-state index in [9.17, 15) is 9.59 Å². The number of carbonyl (C=O) groups is 2. The van der Waals surface area contributed by atoms with Crippen LogP contribution >= 0.6 is 0 Å². The van der Waals surface area contributed by atoms with E-state index in [0.717, 1.165) is 25.9 Å². The quantitative estimate of drug-likeness (QED) is 0.582. The van der Waals surface area contributed by atoms with Crippen molar-refractivity contribution in [2.45, 2.75) is 25.3 Å². The van der Waals surface area contributed by atoms with E-state index in [0.29, 0.717) is 12.5 Å². The largest absolute Gasteiger partial charge is 0.345 e. The summed E-state index contributed by atoms with van der Waals surface area (Å²) in [4.78, 5) is 24.8. The van der Waals surface area contributed by atoms with Crippen molar-refractivity contribution in [2.75, 3.05) is 26.7 Å². The molecule has 2 rings (SSSR count). The molecule has 16 heavy (non-hydrogen) atoms. The van der Waals surface area contributed by atoms with Crippen molar-refractivity contribution >= 4 is 11.8 Å². The molecule has 2 N–H and O–H groups in total. The Morgan fingerprint density at radius 3 is 2.44 bits per heavy atom. The van der Waals surface area contributed by atoms with Crippen LogP contribution in [0.5, 0.6) is 0 Å².